The lowest BCUT2D eigenvalue weighted by atomic mass is 9.98. The van der Waals surface area contributed by atoms with Gasteiger partial charge in [-0.05, 0) is 43.9 Å². The number of likely N-dealkylation sites (tertiary alicyclic amines) is 1. The lowest BCUT2D eigenvalue weighted by molar-refractivity contribution is 0.0501. The average molecular weight is 326 g/mol. The van der Waals surface area contributed by atoms with Crippen molar-refractivity contribution in [3.8, 4) is 0 Å². The van der Waals surface area contributed by atoms with Crippen LogP contribution in [0.5, 0.6) is 0 Å². The largest absolute Gasteiger partial charge is 0.381 e. The second kappa shape index (κ2) is 7.06. The Morgan fingerprint density at radius 1 is 1.53 bits per heavy atom. The van der Waals surface area contributed by atoms with E-state index in [1.54, 1.807) is 0 Å². The highest BCUT2D eigenvalue weighted by Crippen LogP contribution is 2.20. The zero-order valence-corrected chi connectivity index (χ0v) is 12.9. The van der Waals surface area contributed by atoms with Crippen LogP contribution >= 0.6 is 15.9 Å². The Hall–Kier alpha value is -0.870. The molecule has 1 unspecified atom stereocenters. The van der Waals surface area contributed by atoms with Crippen molar-refractivity contribution in [3.63, 3.8) is 0 Å². The normalized spacial score (nSPS) is 19.5. The summed E-state index contributed by atoms with van der Waals surface area (Å²) in [6.45, 7) is 5.18. The molecule has 1 aromatic rings. The average Bonchev–Trinajstić information content (AvgIpc) is 2.44. The van der Waals surface area contributed by atoms with Crippen molar-refractivity contribution in [2.75, 3.05) is 26.3 Å². The van der Waals surface area contributed by atoms with Crippen LogP contribution in [0.25, 0.3) is 0 Å². The van der Waals surface area contributed by atoms with Crippen molar-refractivity contribution < 1.29 is 9.53 Å². The van der Waals surface area contributed by atoms with E-state index in [4.69, 9.17) is 4.74 Å². The molecule has 4 heteroatoms. The van der Waals surface area contributed by atoms with Gasteiger partial charge in [-0.25, -0.2) is 0 Å². The van der Waals surface area contributed by atoms with E-state index in [-0.39, 0.29) is 5.91 Å². The van der Waals surface area contributed by atoms with Crippen molar-refractivity contribution in [3.05, 3.63) is 34.3 Å². The van der Waals surface area contributed by atoms with Crippen molar-refractivity contribution >= 4 is 21.8 Å². The number of hydrogen-bond donors (Lipinski definition) is 0. The molecule has 19 heavy (non-hydrogen) atoms. The summed E-state index contributed by atoms with van der Waals surface area (Å²) in [6.07, 6.45) is 2.22. The van der Waals surface area contributed by atoms with E-state index >= 15 is 0 Å². The number of amides is 1. The lowest BCUT2D eigenvalue weighted by Crippen LogP contribution is -2.41. The van der Waals surface area contributed by atoms with Gasteiger partial charge < -0.3 is 9.64 Å². The Morgan fingerprint density at radius 3 is 3.11 bits per heavy atom. The highest BCUT2D eigenvalue weighted by molar-refractivity contribution is 9.10. The van der Waals surface area contributed by atoms with Gasteiger partial charge in [-0.1, -0.05) is 22.0 Å². The number of carbonyl (C=O) groups is 1. The van der Waals surface area contributed by atoms with Crippen LogP contribution in [0.1, 0.15) is 30.1 Å². The summed E-state index contributed by atoms with van der Waals surface area (Å²) in [5.41, 5.74) is 0.756. The quantitative estimate of drug-likeness (QED) is 0.849. The minimum atomic E-state index is 0.127. The van der Waals surface area contributed by atoms with Crippen LogP contribution in [-0.4, -0.2) is 37.1 Å². The summed E-state index contributed by atoms with van der Waals surface area (Å²) < 4.78 is 6.43. The Morgan fingerprint density at radius 2 is 2.37 bits per heavy atom. The van der Waals surface area contributed by atoms with Gasteiger partial charge in [0.1, 0.15) is 0 Å². The van der Waals surface area contributed by atoms with Gasteiger partial charge in [-0.15, -0.1) is 0 Å². The molecule has 1 aliphatic rings. The fraction of sp³-hybridized carbons (Fsp3) is 0.533. The third-order valence-corrected chi connectivity index (χ3v) is 3.93. The van der Waals surface area contributed by atoms with Crippen LogP contribution in [0.3, 0.4) is 0 Å². The number of piperidine rings is 1. The molecule has 0 aromatic heterocycles. The SMILES string of the molecule is CCOCC1CCCN(C(=O)c2cccc(Br)c2)C1. The molecule has 2 rings (SSSR count). The molecule has 1 fully saturated rings. The maximum Gasteiger partial charge on any atom is 0.253 e. The van der Waals surface area contributed by atoms with Gasteiger partial charge in [-0.2, -0.15) is 0 Å². The summed E-state index contributed by atoms with van der Waals surface area (Å²) in [7, 11) is 0. The molecule has 1 heterocycles. The van der Waals surface area contributed by atoms with Crippen molar-refractivity contribution in [1.29, 1.82) is 0 Å². The number of ether oxygens (including phenoxy) is 1. The van der Waals surface area contributed by atoms with Crippen LogP contribution < -0.4 is 0 Å². The Labute approximate surface area is 123 Å². The van der Waals surface area contributed by atoms with E-state index < -0.39 is 0 Å². The second-order valence-electron chi connectivity index (χ2n) is 4.93. The van der Waals surface area contributed by atoms with Gasteiger partial charge in [0.25, 0.3) is 5.91 Å². The summed E-state index contributed by atoms with van der Waals surface area (Å²) in [5.74, 6) is 0.604. The van der Waals surface area contributed by atoms with Crippen LogP contribution in [0, 0.1) is 5.92 Å². The van der Waals surface area contributed by atoms with Gasteiger partial charge in [0.05, 0.1) is 6.61 Å². The highest BCUT2D eigenvalue weighted by Gasteiger charge is 2.24. The van der Waals surface area contributed by atoms with Crippen molar-refractivity contribution in [1.82, 2.24) is 4.90 Å². The second-order valence-corrected chi connectivity index (χ2v) is 5.84. The molecule has 1 aromatic carbocycles. The first-order valence-electron chi connectivity index (χ1n) is 6.83. The Bertz CT molecular complexity index is 436. The van der Waals surface area contributed by atoms with Crippen LogP contribution in [0.15, 0.2) is 28.7 Å². The molecule has 0 aliphatic carbocycles. The molecule has 0 saturated carbocycles. The molecule has 104 valence electrons. The van der Waals surface area contributed by atoms with E-state index in [1.807, 2.05) is 36.1 Å². The monoisotopic (exact) mass is 325 g/mol. The number of rotatable bonds is 4. The fourth-order valence-electron chi connectivity index (χ4n) is 2.47. The predicted octanol–water partition coefficient (Wildman–Crippen LogP) is 3.34. The van der Waals surface area contributed by atoms with E-state index in [9.17, 15) is 4.79 Å². The molecule has 1 atom stereocenters. The number of carbonyl (C=O) groups excluding carboxylic acids is 1. The summed E-state index contributed by atoms with van der Waals surface area (Å²) >= 11 is 3.41. The smallest absolute Gasteiger partial charge is 0.253 e. The van der Waals surface area contributed by atoms with Gasteiger partial charge in [0, 0.05) is 29.7 Å². The summed E-state index contributed by atoms with van der Waals surface area (Å²) in [4.78, 5) is 14.4. The molecule has 3 nitrogen and oxygen atoms in total. The standard InChI is InChI=1S/C15H20BrNO2/c1-2-19-11-12-5-4-8-17(10-12)15(18)13-6-3-7-14(16)9-13/h3,6-7,9,12H,2,4-5,8,10-11H2,1H3. The topological polar surface area (TPSA) is 29.5 Å². The third kappa shape index (κ3) is 4.05. The molecule has 0 N–H and O–H groups in total. The van der Waals surface area contributed by atoms with E-state index in [0.717, 1.165) is 49.2 Å². The fourth-order valence-corrected chi connectivity index (χ4v) is 2.87. The van der Waals surface area contributed by atoms with Gasteiger partial charge in [0.2, 0.25) is 0 Å². The zero-order chi connectivity index (χ0) is 13.7. The van der Waals surface area contributed by atoms with E-state index in [2.05, 4.69) is 15.9 Å². The number of hydrogen-bond acceptors (Lipinski definition) is 2. The Balaban J connectivity index is 1.99. The van der Waals surface area contributed by atoms with Gasteiger partial charge in [0.15, 0.2) is 0 Å². The molecule has 1 saturated heterocycles. The molecule has 0 bridgehead atoms. The van der Waals surface area contributed by atoms with Crippen molar-refractivity contribution in [2.45, 2.75) is 19.8 Å². The summed E-state index contributed by atoms with van der Waals surface area (Å²) in [6, 6.07) is 7.59. The highest BCUT2D eigenvalue weighted by atomic mass is 79.9. The number of halogens is 1. The van der Waals surface area contributed by atoms with Crippen LogP contribution in [0.2, 0.25) is 0 Å². The molecule has 0 spiro atoms. The molecule has 1 amide bonds. The predicted molar refractivity (Wildman–Crippen MR) is 79.3 cm³/mol. The van der Waals surface area contributed by atoms with Crippen LogP contribution in [-0.2, 0) is 4.74 Å². The minimum Gasteiger partial charge on any atom is -0.381 e. The molecule has 0 radical (unpaired) electrons. The van der Waals surface area contributed by atoms with Crippen molar-refractivity contribution in [2.24, 2.45) is 5.92 Å². The first-order chi connectivity index (χ1) is 9.20. The third-order valence-electron chi connectivity index (χ3n) is 3.44. The van der Waals surface area contributed by atoms with E-state index in [0.29, 0.717) is 5.92 Å². The lowest BCUT2D eigenvalue weighted by Gasteiger charge is -2.32. The number of nitrogens with zero attached hydrogens (tertiary/aromatic N) is 1. The minimum absolute atomic E-state index is 0.127. The maximum absolute atomic E-state index is 12.4. The molecular weight excluding hydrogens is 306 g/mol. The van der Waals surface area contributed by atoms with Gasteiger partial charge in [-0.3, -0.25) is 4.79 Å². The zero-order valence-electron chi connectivity index (χ0n) is 11.3. The summed E-state index contributed by atoms with van der Waals surface area (Å²) in [5, 5.41) is 0. The van der Waals surface area contributed by atoms with Gasteiger partial charge >= 0.3 is 0 Å². The molecule has 1 aliphatic heterocycles. The Kier molecular flexibility index (Phi) is 5.40. The first kappa shape index (κ1) is 14.5. The van der Waals surface area contributed by atoms with Crippen LogP contribution in [0.4, 0.5) is 0 Å². The maximum atomic E-state index is 12.4. The molecular formula is C15H20BrNO2. The van der Waals surface area contributed by atoms with E-state index in [1.165, 1.54) is 0 Å². The first-order valence-corrected chi connectivity index (χ1v) is 7.62. The number of benzene rings is 1.